The fourth-order valence-electron chi connectivity index (χ4n) is 3.74. The van der Waals surface area contributed by atoms with E-state index in [2.05, 4.69) is 5.32 Å². The fraction of sp³-hybridized carbons (Fsp3) is 0.318. The first-order valence-corrected chi connectivity index (χ1v) is 9.64. The number of benzene rings is 2. The van der Waals surface area contributed by atoms with Crippen LogP contribution < -0.4 is 10.2 Å². The third-order valence-corrected chi connectivity index (χ3v) is 5.60. The van der Waals surface area contributed by atoms with E-state index in [1.54, 1.807) is 47.4 Å². The summed E-state index contributed by atoms with van der Waals surface area (Å²) in [5.41, 5.74) is 0.472. The van der Waals surface area contributed by atoms with Gasteiger partial charge < -0.3 is 15.1 Å². The van der Waals surface area contributed by atoms with Gasteiger partial charge in [-0.1, -0.05) is 18.2 Å². The van der Waals surface area contributed by atoms with Crippen LogP contribution in [0.5, 0.6) is 0 Å². The molecule has 0 bridgehead atoms. The molecule has 0 aromatic heterocycles. The number of anilines is 2. The maximum atomic E-state index is 14.0. The lowest BCUT2D eigenvalue weighted by Gasteiger charge is -2.37. The standard InChI is InChI=1S/C22H21FN4O2/c23-18-6-1-2-7-19(18)26-10-12-27(13-11-26)21(29)22(8-9-22)20(28)25-17-5-3-4-16(14-17)15-24/h1-7,14H,8-13H2,(H,25,28). The maximum absolute atomic E-state index is 14.0. The highest BCUT2D eigenvalue weighted by atomic mass is 19.1. The van der Waals surface area contributed by atoms with E-state index in [-0.39, 0.29) is 17.6 Å². The van der Waals surface area contributed by atoms with Crippen LogP contribution in [0.1, 0.15) is 18.4 Å². The summed E-state index contributed by atoms with van der Waals surface area (Å²) in [6.07, 6.45) is 1.03. The second kappa shape index (κ2) is 7.55. The number of piperazine rings is 1. The van der Waals surface area contributed by atoms with Crippen LogP contribution >= 0.6 is 0 Å². The summed E-state index contributed by atoms with van der Waals surface area (Å²) in [6.45, 7) is 1.95. The predicted octanol–water partition coefficient (Wildman–Crippen LogP) is 2.76. The molecular weight excluding hydrogens is 371 g/mol. The Morgan fingerprint density at radius 1 is 1.03 bits per heavy atom. The topological polar surface area (TPSA) is 76.4 Å². The monoisotopic (exact) mass is 392 g/mol. The summed E-state index contributed by atoms with van der Waals surface area (Å²) < 4.78 is 14.0. The molecule has 0 unspecified atom stereocenters. The number of para-hydroxylation sites is 1. The third kappa shape index (κ3) is 3.66. The minimum absolute atomic E-state index is 0.167. The van der Waals surface area contributed by atoms with Crippen molar-refractivity contribution in [3.8, 4) is 6.07 Å². The van der Waals surface area contributed by atoms with E-state index in [9.17, 15) is 14.0 Å². The van der Waals surface area contributed by atoms with Crippen LogP contribution in [0.4, 0.5) is 15.8 Å². The first kappa shape index (κ1) is 18.9. The number of carbonyl (C=O) groups excluding carboxylic acids is 2. The van der Waals surface area contributed by atoms with Crippen LogP contribution in [0.25, 0.3) is 0 Å². The number of hydrogen-bond donors (Lipinski definition) is 1. The van der Waals surface area contributed by atoms with E-state index in [0.29, 0.717) is 56.0 Å². The zero-order chi connectivity index (χ0) is 20.4. The van der Waals surface area contributed by atoms with Crippen molar-refractivity contribution in [3.05, 3.63) is 59.9 Å². The summed E-state index contributed by atoms with van der Waals surface area (Å²) >= 11 is 0. The van der Waals surface area contributed by atoms with Gasteiger partial charge in [0, 0.05) is 31.9 Å². The number of nitrogens with zero attached hydrogens (tertiary/aromatic N) is 3. The molecule has 2 aliphatic rings. The highest BCUT2D eigenvalue weighted by molar-refractivity contribution is 6.13. The molecule has 0 spiro atoms. The SMILES string of the molecule is N#Cc1cccc(NC(=O)C2(C(=O)N3CCN(c4ccccc4F)CC3)CC2)c1. The molecule has 2 aromatic carbocycles. The third-order valence-electron chi connectivity index (χ3n) is 5.60. The molecule has 148 valence electrons. The average Bonchev–Trinajstić information content (AvgIpc) is 3.56. The van der Waals surface area contributed by atoms with Crippen molar-refractivity contribution < 1.29 is 14.0 Å². The van der Waals surface area contributed by atoms with Gasteiger partial charge in [-0.3, -0.25) is 9.59 Å². The molecule has 7 heteroatoms. The van der Waals surface area contributed by atoms with Crippen molar-refractivity contribution in [3.63, 3.8) is 0 Å². The molecule has 29 heavy (non-hydrogen) atoms. The Morgan fingerprint density at radius 2 is 1.76 bits per heavy atom. The summed E-state index contributed by atoms with van der Waals surface area (Å²) in [6, 6.07) is 15.3. The Balaban J connectivity index is 1.40. The summed E-state index contributed by atoms with van der Waals surface area (Å²) in [5.74, 6) is -0.765. The van der Waals surface area contributed by atoms with E-state index in [0.717, 1.165) is 0 Å². The molecule has 2 fully saturated rings. The Hall–Kier alpha value is -3.40. The van der Waals surface area contributed by atoms with Gasteiger partial charge in [0.2, 0.25) is 11.8 Å². The van der Waals surface area contributed by atoms with Gasteiger partial charge in [0.1, 0.15) is 11.2 Å². The van der Waals surface area contributed by atoms with Gasteiger partial charge in [-0.2, -0.15) is 5.26 Å². The van der Waals surface area contributed by atoms with Crippen LogP contribution in [-0.4, -0.2) is 42.9 Å². The fourth-order valence-corrected chi connectivity index (χ4v) is 3.74. The van der Waals surface area contributed by atoms with E-state index in [4.69, 9.17) is 5.26 Å². The molecule has 1 saturated heterocycles. The molecule has 1 heterocycles. The van der Waals surface area contributed by atoms with Crippen molar-refractivity contribution in [1.82, 2.24) is 4.90 Å². The second-order valence-electron chi connectivity index (χ2n) is 7.46. The van der Waals surface area contributed by atoms with Crippen LogP contribution in [0.15, 0.2) is 48.5 Å². The van der Waals surface area contributed by atoms with E-state index in [1.807, 2.05) is 11.0 Å². The van der Waals surface area contributed by atoms with Crippen molar-refractivity contribution in [1.29, 1.82) is 5.26 Å². The Bertz CT molecular complexity index is 988. The van der Waals surface area contributed by atoms with E-state index in [1.165, 1.54) is 6.07 Å². The van der Waals surface area contributed by atoms with E-state index >= 15 is 0 Å². The molecule has 1 saturated carbocycles. The van der Waals surface area contributed by atoms with Crippen molar-refractivity contribution in [2.24, 2.45) is 5.41 Å². The minimum Gasteiger partial charge on any atom is -0.366 e. The second-order valence-corrected chi connectivity index (χ2v) is 7.46. The molecular formula is C22H21FN4O2. The lowest BCUT2D eigenvalue weighted by Crippen LogP contribution is -2.52. The molecule has 2 aromatic rings. The largest absolute Gasteiger partial charge is 0.366 e. The van der Waals surface area contributed by atoms with Gasteiger partial charge in [0.25, 0.3) is 0 Å². The lowest BCUT2D eigenvalue weighted by atomic mass is 10.0. The van der Waals surface area contributed by atoms with Gasteiger partial charge in [-0.15, -0.1) is 0 Å². The number of rotatable bonds is 4. The number of hydrogen-bond acceptors (Lipinski definition) is 4. The summed E-state index contributed by atoms with van der Waals surface area (Å²) in [7, 11) is 0. The number of halogens is 1. The maximum Gasteiger partial charge on any atom is 0.240 e. The molecule has 1 aliphatic heterocycles. The van der Waals surface area contributed by atoms with Crippen LogP contribution in [0, 0.1) is 22.6 Å². The van der Waals surface area contributed by atoms with Gasteiger partial charge >= 0.3 is 0 Å². The molecule has 1 aliphatic carbocycles. The quantitative estimate of drug-likeness (QED) is 0.812. The first-order chi connectivity index (χ1) is 14.0. The average molecular weight is 392 g/mol. The Morgan fingerprint density at radius 3 is 2.41 bits per heavy atom. The minimum atomic E-state index is -1.02. The van der Waals surface area contributed by atoms with Gasteiger partial charge in [0.15, 0.2) is 0 Å². The van der Waals surface area contributed by atoms with Crippen LogP contribution in [0.2, 0.25) is 0 Å². The van der Waals surface area contributed by atoms with Crippen molar-refractivity contribution >= 4 is 23.2 Å². The van der Waals surface area contributed by atoms with Gasteiger partial charge in [0.05, 0.1) is 17.3 Å². The smallest absolute Gasteiger partial charge is 0.240 e. The predicted molar refractivity (Wildman–Crippen MR) is 107 cm³/mol. The molecule has 1 N–H and O–H groups in total. The Labute approximate surface area is 168 Å². The van der Waals surface area contributed by atoms with Crippen LogP contribution in [-0.2, 0) is 9.59 Å². The van der Waals surface area contributed by atoms with Crippen molar-refractivity contribution in [2.45, 2.75) is 12.8 Å². The number of carbonyl (C=O) groups is 2. The number of nitriles is 1. The molecule has 4 rings (SSSR count). The van der Waals surface area contributed by atoms with Gasteiger partial charge in [-0.25, -0.2) is 4.39 Å². The molecule has 2 amide bonds. The molecule has 0 atom stereocenters. The highest BCUT2D eigenvalue weighted by Gasteiger charge is 2.58. The van der Waals surface area contributed by atoms with E-state index < -0.39 is 5.41 Å². The summed E-state index contributed by atoms with van der Waals surface area (Å²) in [4.78, 5) is 29.5. The Kier molecular flexibility index (Phi) is 4.93. The molecule has 0 radical (unpaired) electrons. The molecule has 6 nitrogen and oxygen atoms in total. The zero-order valence-electron chi connectivity index (χ0n) is 15.9. The number of amides is 2. The van der Waals surface area contributed by atoms with Gasteiger partial charge in [-0.05, 0) is 43.2 Å². The van der Waals surface area contributed by atoms with Crippen molar-refractivity contribution in [2.75, 3.05) is 36.4 Å². The number of nitrogens with one attached hydrogen (secondary N) is 1. The zero-order valence-corrected chi connectivity index (χ0v) is 15.9. The lowest BCUT2D eigenvalue weighted by molar-refractivity contribution is -0.142. The summed E-state index contributed by atoms with van der Waals surface area (Å²) in [5, 5.41) is 11.8. The normalized spacial score (nSPS) is 17.4. The van der Waals surface area contributed by atoms with Crippen LogP contribution in [0.3, 0.4) is 0 Å². The first-order valence-electron chi connectivity index (χ1n) is 9.64. The highest BCUT2D eigenvalue weighted by Crippen LogP contribution is 2.48.